The van der Waals surface area contributed by atoms with Crippen molar-refractivity contribution in [2.24, 2.45) is 5.73 Å². The Labute approximate surface area is 189 Å². The summed E-state index contributed by atoms with van der Waals surface area (Å²) in [5, 5.41) is 2.40. The van der Waals surface area contributed by atoms with Crippen molar-refractivity contribution < 1.29 is 33.4 Å². The first-order valence-electron chi connectivity index (χ1n) is 9.66. The highest BCUT2D eigenvalue weighted by Gasteiger charge is 2.38. The van der Waals surface area contributed by atoms with Gasteiger partial charge in [0.25, 0.3) is 0 Å². The number of primary amides is 1. The predicted octanol–water partition coefficient (Wildman–Crippen LogP) is 0.962. The average Bonchev–Trinajstić information content (AvgIpc) is 3.11. The average molecular weight is 464 g/mol. The fourth-order valence-electron chi connectivity index (χ4n) is 3.33. The first-order chi connectivity index (χ1) is 15.1. The van der Waals surface area contributed by atoms with Crippen molar-refractivity contribution in [2.45, 2.75) is 24.6 Å². The van der Waals surface area contributed by atoms with E-state index in [1.165, 1.54) is 38.3 Å². The Balaban J connectivity index is 2.28. The van der Waals surface area contributed by atoms with Crippen LogP contribution in [0.4, 0.5) is 5.69 Å². The van der Waals surface area contributed by atoms with Gasteiger partial charge in [-0.2, -0.15) is 0 Å². The molecule has 32 heavy (non-hydrogen) atoms. The molecule has 0 aromatic heterocycles. The number of carbonyl (C=O) groups is 5. The molecule has 0 aliphatic carbocycles. The van der Waals surface area contributed by atoms with Gasteiger partial charge in [0.15, 0.2) is 5.12 Å². The molecule has 0 spiro atoms. The third-order valence-electron chi connectivity index (χ3n) is 4.55. The van der Waals surface area contributed by atoms with Crippen LogP contribution in [0.2, 0.25) is 0 Å². The molecule has 1 aliphatic rings. The number of nitrogens with zero attached hydrogens (tertiary/aromatic N) is 1. The molecular weight excluding hydrogens is 438 g/mol. The van der Waals surface area contributed by atoms with E-state index in [1.807, 2.05) is 0 Å². The lowest BCUT2D eigenvalue weighted by Gasteiger charge is -2.22. The lowest BCUT2D eigenvalue weighted by atomic mass is 10.1. The minimum Gasteiger partial charge on any atom is -0.465 e. The molecule has 1 aromatic rings. The summed E-state index contributed by atoms with van der Waals surface area (Å²) in [6.07, 6.45) is 1.72. The molecule has 1 heterocycles. The van der Waals surface area contributed by atoms with Crippen LogP contribution in [0.5, 0.6) is 0 Å². The highest BCUT2D eigenvalue weighted by atomic mass is 32.2. The summed E-state index contributed by atoms with van der Waals surface area (Å²) in [7, 11) is 1.19. The first kappa shape index (κ1) is 25.1. The summed E-state index contributed by atoms with van der Waals surface area (Å²) in [6.45, 7) is 5.07. The summed E-state index contributed by atoms with van der Waals surface area (Å²) in [6, 6.07) is 3.30. The van der Waals surface area contributed by atoms with E-state index < -0.39 is 29.8 Å². The second-order valence-corrected chi connectivity index (χ2v) is 8.52. The van der Waals surface area contributed by atoms with Crippen LogP contribution >= 0.6 is 11.8 Å². The van der Waals surface area contributed by atoms with Crippen LogP contribution in [0.25, 0.3) is 0 Å². The van der Waals surface area contributed by atoms with Crippen LogP contribution in [0.15, 0.2) is 30.9 Å². The largest absolute Gasteiger partial charge is 0.465 e. The second-order valence-electron chi connectivity index (χ2n) is 7.05. The third kappa shape index (κ3) is 6.92. The molecule has 172 valence electrons. The number of carbonyl (C=O) groups excluding carboxylic acids is 5. The van der Waals surface area contributed by atoms with Crippen molar-refractivity contribution in [2.75, 3.05) is 32.1 Å². The summed E-state index contributed by atoms with van der Waals surface area (Å²) < 4.78 is 9.71. The van der Waals surface area contributed by atoms with E-state index in [-0.39, 0.29) is 40.3 Å². The monoisotopic (exact) mass is 463 g/mol. The first-order valence-corrected chi connectivity index (χ1v) is 10.5. The number of rotatable bonds is 9. The van der Waals surface area contributed by atoms with Crippen LogP contribution in [0, 0.1) is 0 Å². The number of likely N-dealkylation sites (tertiary alicyclic amines) is 1. The maximum atomic E-state index is 13.0. The van der Waals surface area contributed by atoms with Crippen LogP contribution in [-0.2, 0) is 23.9 Å². The number of ether oxygens (including phenoxy) is 2. The molecule has 0 bridgehead atoms. The Kier molecular flexibility index (Phi) is 8.97. The van der Waals surface area contributed by atoms with Crippen molar-refractivity contribution in [1.82, 2.24) is 4.90 Å². The predicted molar refractivity (Wildman–Crippen MR) is 118 cm³/mol. The molecule has 0 radical (unpaired) electrons. The smallest absolute Gasteiger partial charge is 0.338 e. The van der Waals surface area contributed by atoms with Crippen molar-refractivity contribution in [3.63, 3.8) is 0 Å². The topological polar surface area (TPSA) is 145 Å². The van der Waals surface area contributed by atoms with Gasteiger partial charge in [-0.15, -0.1) is 0 Å². The number of methoxy groups -OCH3 is 1. The van der Waals surface area contributed by atoms with Crippen molar-refractivity contribution in [3.05, 3.63) is 42.0 Å². The van der Waals surface area contributed by atoms with E-state index in [2.05, 4.69) is 11.9 Å². The van der Waals surface area contributed by atoms with Crippen LogP contribution < -0.4 is 11.1 Å². The van der Waals surface area contributed by atoms with Crippen LogP contribution in [-0.4, -0.2) is 71.9 Å². The molecule has 10 nitrogen and oxygen atoms in total. The summed E-state index contributed by atoms with van der Waals surface area (Å²) in [5.41, 5.74) is 5.55. The van der Waals surface area contributed by atoms with E-state index in [4.69, 9.17) is 15.2 Å². The number of esters is 2. The van der Waals surface area contributed by atoms with Crippen molar-refractivity contribution in [1.29, 1.82) is 0 Å². The Morgan fingerprint density at radius 2 is 1.88 bits per heavy atom. The summed E-state index contributed by atoms with van der Waals surface area (Å²) >= 11 is 1.10. The number of anilines is 1. The van der Waals surface area contributed by atoms with Crippen molar-refractivity contribution in [3.8, 4) is 0 Å². The SMILES string of the molecule is C=CCOC(=O)c1cc(NC(=O)C2CC(SC(C)=O)CN2CC(N)=O)cc(C(=O)OC)c1. The maximum Gasteiger partial charge on any atom is 0.338 e. The summed E-state index contributed by atoms with van der Waals surface area (Å²) in [4.78, 5) is 61.8. The van der Waals surface area contributed by atoms with Gasteiger partial charge < -0.3 is 20.5 Å². The highest BCUT2D eigenvalue weighted by molar-refractivity contribution is 8.14. The number of nitrogens with one attached hydrogen (secondary N) is 1. The van der Waals surface area contributed by atoms with Gasteiger partial charge in [-0.1, -0.05) is 24.4 Å². The Morgan fingerprint density at radius 3 is 2.44 bits per heavy atom. The summed E-state index contributed by atoms with van der Waals surface area (Å²) in [5.74, 6) is -2.48. The number of nitrogens with two attached hydrogens (primary N) is 1. The van der Waals surface area contributed by atoms with E-state index in [9.17, 15) is 24.0 Å². The Bertz CT molecular complexity index is 934. The lowest BCUT2D eigenvalue weighted by molar-refractivity contribution is -0.123. The number of amides is 2. The third-order valence-corrected chi connectivity index (χ3v) is 5.56. The molecular formula is C21H25N3O7S. The molecule has 3 N–H and O–H groups in total. The quantitative estimate of drug-likeness (QED) is 0.404. The molecule has 2 amide bonds. The van der Waals surface area contributed by atoms with E-state index >= 15 is 0 Å². The van der Waals surface area contributed by atoms with Gasteiger partial charge in [-0.25, -0.2) is 9.59 Å². The fraction of sp³-hybridized carbons (Fsp3) is 0.381. The van der Waals surface area contributed by atoms with E-state index in [0.717, 1.165) is 11.8 Å². The molecule has 2 rings (SSSR count). The molecule has 1 fully saturated rings. The minimum absolute atomic E-state index is 0.0255. The van der Waals surface area contributed by atoms with Crippen molar-refractivity contribution >= 4 is 46.3 Å². The van der Waals surface area contributed by atoms with Gasteiger partial charge in [-0.3, -0.25) is 19.3 Å². The van der Waals surface area contributed by atoms with Gasteiger partial charge in [0.2, 0.25) is 11.8 Å². The Morgan fingerprint density at radius 1 is 1.22 bits per heavy atom. The molecule has 2 unspecified atom stereocenters. The molecule has 0 saturated carbocycles. The second kappa shape index (κ2) is 11.4. The number of thioether (sulfide) groups is 1. The lowest BCUT2D eigenvalue weighted by Crippen LogP contribution is -2.43. The van der Waals surface area contributed by atoms with Gasteiger partial charge in [0, 0.05) is 24.4 Å². The van der Waals surface area contributed by atoms with Gasteiger partial charge in [0.05, 0.1) is 30.8 Å². The molecule has 1 aliphatic heterocycles. The highest BCUT2D eigenvalue weighted by Crippen LogP contribution is 2.29. The zero-order valence-corrected chi connectivity index (χ0v) is 18.6. The number of hydrogen-bond acceptors (Lipinski definition) is 9. The molecule has 1 aromatic carbocycles. The minimum atomic E-state index is -0.725. The number of benzene rings is 1. The standard InChI is InChI=1S/C21H25N3O7S/c1-4-5-31-21(29)14-6-13(20(28)30-3)7-15(8-14)23-19(27)17-9-16(32-12(2)25)10-24(17)11-18(22)26/h4,6-8,16-17H,1,5,9-11H2,2-3H3,(H2,22,26)(H,23,27). The molecule has 1 saturated heterocycles. The molecule has 2 atom stereocenters. The van der Waals surface area contributed by atoms with Gasteiger partial charge in [-0.05, 0) is 24.6 Å². The molecule has 11 heteroatoms. The zero-order chi connectivity index (χ0) is 23.8. The van der Waals surface area contributed by atoms with Crippen LogP contribution in [0.1, 0.15) is 34.1 Å². The number of hydrogen-bond donors (Lipinski definition) is 2. The van der Waals surface area contributed by atoms with Gasteiger partial charge in [0.1, 0.15) is 6.61 Å². The Hall–Kier alpha value is -3.18. The maximum absolute atomic E-state index is 13.0. The van der Waals surface area contributed by atoms with Gasteiger partial charge >= 0.3 is 11.9 Å². The zero-order valence-electron chi connectivity index (χ0n) is 17.8. The van der Waals surface area contributed by atoms with E-state index in [1.54, 1.807) is 4.90 Å². The fourth-order valence-corrected chi connectivity index (χ4v) is 4.34. The van der Waals surface area contributed by atoms with Crippen LogP contribution in [0.3, 0.4) is 0 Å². The normalized spacial score (nSPS) is 17.9. The van der Waals surface area contributed by atoms with E-state index in [0.29, 0.717) is 13.0 Å².